The smallest absolute Gasteiger partial charge is 0.143 e. The van der Waals surface area contributed by atoms with Crippen LogP contribution in [0.3, 0.4) is 0 Å². The molecule has 0 spiro atoms. The van der Waals surface area contributed by atoms with Crippen molar-refractivity contribution >= 4 is 5.69 Å². The molecule has 2 unspecified atom stereocenters. The van der Waals surface area contributed by atoms with E-state index < -0.39 is 0 Å². The second-order valence-corrected chi connectivity index (χ2v) is 5.99. The Hall–Kier alpha value is -1.73. The quantitative estimate of drug-likeness (QED) is 0.924. The van der Waals surface area contributed by atoms with Gasteiger partial charge in [0.2, 0.25) is 0 Å². The van der Waals surface area contributed by atoms with E-state index in [4.69, 9.17) is 4.74 Å². The summed E-state index contributed by atoms with van der Waals surface area (Å²) in [6, 6.07) is 9.76. The average Bonchev–Trinajstić information content (AvgIpc) is 2.76. The van der Waals surface area contributed by atoms with Crippen LogP contribution in [-0.2, 0) is 0 Å². The van der Waals surface area contributed by atoms with E-state index in [0.29, 0.717) is 18.1 Å². The number of nitrogens with zero attached hydrogens (tertiary/aromatic N) is 2. The third-order valence-electron chi connectivity index (χ3n) is 4.82. The van der Waals surface area contributed by atoms with E-state index >= 15 is 0 Å². The molecule has 0 aromatic heterocycles. The number of fused-ring (bicyclic) bond motifs is 2. The van der Waals surface area contributed by atoms with Gasteiger partial charge in [-0.15, -0.1) is 0 Å². The van der Waals surface area contributed by atoms with Gasteiger partial charge < -0.3 is 15.0 Å². The van der Waals surface area contributed by atoms with E-state index in [1.165, 1.54) is 12.8 Å². The number of hydrogen-bond acceptors (Lipinski definition) is 4. The maximum atomic E-state index is 9.45. The van der Waals surface area contributed by atoms with Gasteiger partial charge in [-0.1, -0.05) is 13.0 Å². The summed E-state index contributed by atoms with van der Waals surface area (Å²) in [6.45, 7) is 3.20. The molecular weight excluding hydrogens is 262 g/mol. The van der Waals surface area contributed by atoms with Gasteiger partial charge >= 0.3 is 0 Å². The summed E-state index contributed by atoms with van der Waals surface area (Å²) in [4.78, 5) is 2.46. The normalized spacial score (nSPS) is 27.5. The average molecular weight is 285 g/mol. The minimum absolute atomic E-state index is 0.524. The molecule has 2 aliphatic heterocycles. The molecule has 0 aliphatic carbocycles. The van der Waals surface area contributed by atoms with Gasteiger partial charge in [0.1, 0.15) is 11.8 Å². The summed E-state index contributed by atoms with van der Waals surface area (Å²) < 4.78 is 5.53. The molecule has 2 atom stereocenters. The molecule has 3 rings (SSSR count). The molecule has 2 saturated heterocycles. The number of rotatable bonds is 4. The van der Waals surface area contributed by atoms with Crippen LogP contribution < -0.4 is 15.0 Å². The maximum Gasteiger partial charge on any atom is 0.143 e. The van der Waals surface area contributed by atoms with Crippen LogP contribution in [0.2, 0.25) is 0 Å². The predicted molar refractivity (Wildman–Crippen MR) is 83.7 cm³/mol. The molecule has 0 amide bonds. The molecule has 2 aliphatic rings. The van der Waals surface area contributed by atoms with E-state index in [-0.39, 0.29) is 0 Å². The van der Waals surface area contributed by atoms with Gasteiger partial charge in [0.25, 0.3) is 0 Å². The van der Waals surface area contributed by atoms with E-state index in [2.05, 4.69) is 23.2 Å². The molecule has 4 heteroatoms. The number of methoxy groups -OCH3 is 1. The minimum Gasteiger partial charge on any atom is -0.495 e. The SMILES string of the molecule is CCNC1CC2CCC(C1)N2c1c(C#N)cccc1OC. The maximum absolute atomic E-state index is 9.45. The number of nitrogens with one attached hydrogen (secondary N) is 1. The lowest BCUT2D eigenvalue weighted by Crippen LogP contribution is -2.49. The third kappa shape index (κ3) is 2.47. The fourth-order valence-corrected chi connectivity index (χ4v) is 4.04. The van der Waals surface area contributed by atoms with Gasteiger partial charge in [0.05, 0.1) is 18.4 Å². The molecular formula is C17H23N3O. The van der Waals surface area contributed by atoms with Crippen molar-refractivity contribution in [3.63, 3.8) is 0 Å². The molecule has 4 nitrogen and oxygen atoms in total. The number of piperidine rings is 1. The lowest BCUT2D eigenvalue weighted by Gasteiger charge is -2.41. The highest BCUT2D eigenvalue weighted by atomic mass is 16.5. The van der Waals surface area contributed by atoms with Crippen LogP contribution >= 0.6 is 0 Å². The highest BCUT2D eigenvalue weighted by Crippen LogP contribution is 2.44. The highest BCUT2D eigenvalue weighted by Gasteiger charge is 2.42. The van der Waals surface area contributed by atoms with Crippen molar-refractivity contribution in [2.45, 2.75) is 50.7 Å². The zero-order valence-corrected chi connectivity index (χ0v) is 12.8. The van der Waals surface area contributed by atoms with E-state index in [0.717, 1.165) is 36.4 Å². The zero-order chi connectivity index (χ0) is 14.8. The van der Waals surface area contributed by atoms with Gasteiger partial charge in [-0.3, -0.25) is 0 Å². The largest absolute Gasteiger partial charge is 0.495 e. The first-order valence-electron chi connectivity index (χ1n) is 7.87. The zero-order valence-electron chi connectivity index (χ0n) is 12.8. The van der Waals surface area contributed by atoms with Crippen molar-refractivity contribution in [2.75, 3.05) is 18.6 Å². The van der Waals surface area contributed by atoms with Crippen LogP contribution in [0.25, 0.3) is 0 Å². The van der Waals surface area contributed by atoms with Crippen LogP contribution in [0.1, 0.15) is 38.2 Å². The monoisotopic (exact) mass is 285 g/mol. The Balaban J connectivity index is 1.94. The fraction of sp³-hybridized carbons (Fsp3) is 0.588. The summed E-state index contributed by atoms with van der Waals surface area (Å²) in [5.41, 5.74) is 1.73. The summed E-state index contributed by atoms with van der Waals surface area (Å²) in [5, 5.41) is 13.0. The molecule has 21 heavy (non-hydrogen) atoms. The Labute approximate surface area is 126 Å². The Bertz CT molecular complexity index is 537. The Morgan fingerprint density at radius 1 is 1.33 bits per heavy atom. The van der Waals surface area contributed by atoms with Gasteiger partial charge in [0, 0.05) is 18.1 Å². The molecule has 112 valence electrons. The van der Waals surface area contributed by atoms with Crippen molar-refractivity contribution in [3.05, 3.63) is 23.8 Å². The summed E-state index contributed by atoms with van der Waals surface area (Å²) >= 11 is 0. The minimum atomic E-state index is 0.524. The number of para-hydroxylation sites is 1. The molecule has 1 aromatic carbocycles. The van der Waals surface area contributed by atoms with Gasteiger partial charge in [-0.25, -0.2) is 0 Å². The van der Waals surface area contributed by atoms with Crippen molar-refractivity contribution in [2.24, 2.45) is 0 Å². The molecule has 0 radical (unpaired) electrons. The summed E-state index contributed by atoms with van der Waals surface area (Å²) in [7, 11) is 1.69. The van der Waals surface area contributed by atoms with Crippen molar-refractivity contribution in [3.8, 4) is 11.8 Å². The third-order valence-corrected chi connectivity index (χ3v) is 4.82. The lowest BCUT2D eigenvalue weighted by atomic mass is 9.95. The van der Waals surface area contributed by atoms with Crippen molar-refractivity contribution in [1.29, 1.82) is 5.26 Å². The number of nitriles is 1. The van der Waals surface area contributed by atoms with Gasteiger partial charge in [-0.2, -0.15) is 5.26 Å². The topological polar surface area (TPSA) is 48.3 Å². The summed E-state index contributed by atoms with van der Waals surface area (Å²) in [6.07, 6.45) is 4.76. The van der Waals surface area contributed by atoms with Crippen LogP contribution in [-0.4, -0.2) is 31.8 Å². The number of hydrogen-bond donors (Lipinski definition) is 1. The number of ether oxygens (including phenoxy) is 1. The lowest BCUT2D eigenvalue weighted by molar-refractivity contribution is 0.355. The first kappa shape index (κ1) is 14.2. The molecule has 2 bridgehead atoms. The van der Waals surface area contributed by atoms with Crippen LogP contribution in [0.5, 0.6) is 5.75 Å². The van der Waals surface area contributed by atoms with Crippen molar-refractivity contribution in [1.82, 2.24) is 5.32 Å². The Morgan fingerprint density at radius 3 is 2.62 bits per heavy atom. The molecule has 0 saturated carbocycles. The van der Waals surface area contributed by atoms with Crippen LogP contribution in [0.15, 0.2) is 18.2 Å². The van der Waals surface area contributed by atoms with Gasteiger partial charge in [-0.05, 0) is 44.4 Å². The fourth-order valence-electron chi connectivity index (χ4n) is 4.04. The second-order valence-electron chi connectivity index (χ2n) is 5.99. The number of anilines is 1. The molecule has 1 aromatic rings. The Kier molecular flexibility index (Phi) is 4.03. The molecule has 2 fully saturated rings. The van der Waals surface area contributed by atoms with Crippen molar-refractivity contribution < 1.29 is 4.74 Å². The van der Waals surface area contributed by atoms with Crippen LogP contribution in [0.4, 0.5) is 5.69 Å². The predicted octanol–water partition coefficient (Wildman–Crippen LogP) is 2.68. The first-order valence-corrected chi connectivity index (χ1v) is 7.87. The van der Waals surface area contributed by atoms with Gasteiger partial charge in [0.15, 0.2) is 0 Å². The molecule has 1 N–H and O–H groups in total. The standard InChI is InChI=1S/C17H23N3O/c1-3-19-13-9-14-7-8-15(10-13)20(14)17-12(11-18)5-4-6-16(17)21-2/h4-6,13-15,19H,3,7-10H2,1-2H3. The molecule has 2 heterocycles. The summed E-state index contributed by atoms with van der Waals surface area (Å²) in [5.74, 6) is 0.827. The van der Waals surface area contributed by atoms with E-state index in [1.807, 2.05) is 18.2 Å². The second kappa shape index (κ2) is 5.95. The van der Waals surface area contributed by atoms with Crippen LogP contribution in [0, 0.1) is 11.3 Å². The first-order chi connectivity index (χ1) is 10.3. The highest BCUT2D eigenvalue weighted by molar-refractivity contribution is 5.69. The van der Waals surface area contributed by atoms with E-state index in [1.54, 1.807) is 7.11 Å². The van der Waals surface area contributed by atoms with E-state index in [9.17, 15) is 5.26 Å². The number of benzene rings is 1. The Morgan fingerprint density at radius 2 is 2.05 bits per heavy atom.